The van der Waals surface area contributed by atoms with Crippen LogP contribution in [0.25, 0.3) is 0 Å². The summed E-state index contributed by atoms with van der Waals surface area (Å²) in [5.41, 5.74) is 0.299. The SMILES string of the molecule is COC(=N)CC(C)(C)CC(C)(C)CCC=N. The number of rotatable bonds is 7. The van der Waals surface area contributed by atoms with Gasteiger partial charge in [0.05, 0.1) is 7.11 Å². The molecule has 3 nitrogen and oxygen atoms in total. The zero-order chi connectivity index (χ0) is 12.8. The van der Waals surface area contributed by atoms with Crippen LogP contribution in [0.5, 0.6) is 0 Å². The average molecular weight is 226 g/mol. The number of nitrogens with one attached hydrogen (secondary N) is 2. The second-order valence-corrected chi connectivity index (χ2v) is 6.05. The monoisotopic (exact) mass is 226 g/mol. The predicted molar refractivity (Wildman–Crippen MR) is 69.5 cm³/mol. The number of hydrogen-bond acceptors (Lipinski definition) is 3. The van der Waals surface area contributed by atoms with E-state index >= 15 is 0 Å². The summed E-state index contributed by atoms with van der Waals surface area (Å²) >= 11 is 0. The number of methoxy groups -OCH3 is 1. The van der Waals surface area contributed by atoms with Crippen molar-refractivity contribution in [1.82, 2.24) is 0 Å². The number of hydrogen-bond donors (Lipinski definition) is 2. The van der Waals surface area contributed by atoms with E-state index in [1.54, 1.807) is 7.11 Å². The molecule has 0 aliphatic heterocycles. The summed E-state index contributed by atoms with van der Waals surface area (Å²) in [4.78, 5) is 0. The van der Waals surface area contributed by atoms with Gasteiger partial charge in [0, 0.05) is 6.42 Å². The van der Waals surface area contributed by atoms with Crippen molar-refractivity contribution in [3.63, 3.8) is 0 Å². The Morgan fingerprint density at radius 2 is 1.75 bits per heavy atom. The Bertz CT molecular complexity index is 244. The van der Waals surface area contributed by atoms with Crippen molar-refractivity contribution >= 4 is 12.1 Å². The third-order valence-corrected chi connectivity index (χ3v) is 2.81. The van der Waals surface area contributed by atoms with Gasteiger partial charge < -0.3 is 10.1 Å². The van der Waals surface area contributed by atoms with Crippen LogP contribution in [-0.2, 0) is 4.74 Å². The molecular weight excluding hydrogens is 200 g/mol. The second-order valence-electron chi connectivity index (χ2n) is 6.05. The maximum Gasteiger partial charge on any atom is 0.180 e. The molecule has 2 N–H and O–H groups in total. The first-order chi connectivity index (χ1) is 7.22. The summed E-state index contributed by atoms with van der Waals surface area (Å²) in [6, 6.07) is 0. The molecule has 0 radical (unpaired) electrons. The molecule has 0 amide bonds. The van der Waals surface area contributed by atoms with Crippen molar-refractivity contribution in [3.8, 4) is 0 Å². The molecule has 0 spiro atoms. The molecule has 0 bridgehead atoms. The summed E-state index contributed by atoms with van der Waals surface area (Å²) in [7, 11) is 1.55. The molecule has 0 fully saturated rings. The summed E-state index contributed by atoms with van der Waals surface area (Å²) in [6.07, 6.45) is 5.06. The van der Waals surface area contributed by atoms with Gasteiger partial charge in [-0.3, -0.25) is 5.41 Å². The van der Waals surface area contributed by atoms with Gasteiger partial charge in [-0.1, -0.05) is 27.7 Å². The van der Waals surface area contributed by atoms with Crippen LogP contribution in [0, 0.1) is 21.6 Å². The van der Waals surface area contributed by atoms with Crippen LogP contribution in [0.4, 0.5) is 0 Å². The summed E-state index contributed by atoms with van der Waals surface area (Å²) in [5, 5.41) is 14.7. The van der Waals surface area contributed by atoms with Gasteiger partial charge in [0.1, 0.15) is 0 Å². The van der Waals surface area contributed by atoms with E-state index in [9.17, 15) is 0 Å². The Morgan fingerprint density at radius 3 is 2.19 bits per heavy atom. The van der Waals surface area contributed by atoms with Gasteiger partial charge >= 0.3 is 0 Å². The van der Waals surface area contributed by atoms with Gasteiger partial charge in [-0.25, -0.2) is 0 Å². The molecule has 0 aromatic rings. The molecule has 0 saturated carbocycles. The Kier molecular flexibility index (Phi) is 5.70. The fourth-order valence-corrected chi connectivity index (χ4v) is 2.42. The summed E-state index contributed by atoms with van der Waals surface area (Å²) in [6.45, 7) is 8.81. The van der Waals surface area contributed by atoms with Crippen LogP contribution in [0.15, 0.2) is 0 Å². The number of ether oxygens (including phenoxy) is 1. The molecule has 0 aromatic heterocycles. The molecule has 0 aromatic carbocycles. The summed E-state index contributed by atoms with van der Waals surface area (Å²) in [5.74, 6) is 0.354. The highest BCUT2D eigenvalue weighted by Gasteiger charge is 2.29. The van der Waals surface area contributed by atoms with Crippen LogP contribution < -0.4 is 0 Å². The molecule has 0 unspecified atom stereocenters. The van der Waals surface area contributed by atoms with Crippen molar-refractivity contribution in [1.29, 1.82) is 10.8 Å². The standard InChI is InChI=1S/C13H26N2O/c1-12(2,7-6-8-14)10-13(3,4)9-11(15)16-5/h8,14-15H,6-7,9-10H2,1-5H3. The Balaban J connectivity index is 4.32. The maximum atomic E-state index is 7.58. The first-order valence-electron chi connectivity index (χ1n) is 5.83. The van der Waals surface area contributed by atoms with Gasteiger partial charge in [0.25, 0.3) is 0 Å². The molecule has 3 heteroatoms. The molecule has 0 saturated heterocycles. The lowest BCUT2D eigenvalue weighted by atomic mass is 9.71. The quantitative estimate of drug-likeness (QED) is 0.502. The summed E-state index contributed by atoms with van der Waals surface area (Å²) < 4.78 is 4.93. The van der Waals surface area contributed by atoms with E-state index in [2.05, 4.69) is 27.7 Å². The van der Waals surface area contributed by atoms with Gasteiger partial charge in [0.2, 0.25) is 0 Å². The van der Waals surface area contributed by atoms with Crippen molar-refractivity contribution in [3.05, 3.63) is 0 Å². The van der Waals surface area contributed by atoms with Crippen LogP contribution in [0.3, 0.4) is 0 Å². The molecule has 0 rings (SSSR count). The maximum absolute atomic E-state index is 7.58. The van der Waals surface area contributed by atoms with Crippen LogP contribution in [0.2, 0.25) is 0 Å². The second kappa shape index (κ2) is 6.02. The zero-order valence-corrected chi connectivity index (χ0v) is 11.3. The topological polar surface area (TPSA) is 56.9 Å². The lowest BCUT2D eigenvalue weighted by Gasteiger charge is -2.34. The predicted octanol–water partition coefficient (Wildman–Crippen LogP) is 3.87. The van der Waals surface area contributed by atoms with Crippen LogP contribution in [0.1, 0.15) is 53.4 Å². The van der Waals surface area contributed by atoms with E-state index in [1.165, 1.54) is 6.21 Å². The van der Waals surface area contributed by atoms with Gasteiger partial charge in [-0.2, -0.15) is 0 Å². The van der Waals surface area contributed by atoms with E-state index < -0.39 is 0 Å². The fraction of sp³-hybridized carbons (Fsp3) is 0.846. The molecule has 0 aliphatic carbocycles. The third-order valence-electron chi connectivity index (χ3n) is 2.81. The lowest BCUT2D eigenvalue weighted by Crippen LogP contribution is -2.26. The van der Waals surface area contributed by atoms with Gasteiger partial charge in [-0.15, -0.1) is 0 Å². The average Bonchev–Trinajstić information content (AvgIpc) is 2.12. The highest BCUT2D eigenvalue weighted by Crippen LogP contribution is 2.39. The van der Waals surface area contributed by atoms with Gasteiger partial charge in [0.15, 0.2) is 5.90 Å². The third kappa shape index (κ3) is 6.59. The Labute approximate surface area is 99.6 Å². The van der Waals surface area contributed by atoms with E-state index in [4.69, 9.17) is 15.6 Å². The van der Waals surface area contributed by atoms with Gasteiger partial charge in [-0.05, 0) is 36.3 Å². The largest absolute Gasteiger partial charge is 0.484 e. The Morgan fingerprint density at radius 1 is 1.19 bits per heavy atom. The first-order valence-corrected chi connectivity index (χ1v) is 5.83. The van der Waals surface area contributed by atoms with E-state index in [0.717, 1.165) is 19.3 Å². The normalized spacial score (nSPS) is 12.3. The minimum absolute atomic E-state index is 0.0820. The lowest BCUT2D eigenvalue weighted by molar-refractivity contribution is 0.183. The van der Waals surface area contributed by atoms with E-state index in [-0.39, 0.29) is 10.8 Å². The molecule has 0 aliphatic rings. The van der Waals surface area contributed by atoms with E-state index in [1.807, 2.05) is 0 Å². The van der Waals surface area contributed by atoms with Crippen molar-refractivity contribution in [2.45, 2.75) is 53.4 Å². The van der Waals surface area contributed by atoms with Crippen molar-refractivity contribution < 1.29 is 4.74 Å². The highest BCUT2D eigenvalue weighted by atomic mass is 16.5. The molecule has 94 valence electrons. The first kappa shape index (κ1) is 15.1. The molecular formula is C13H26N2O. The molecule has 0 heterocycles. The molecule has 16 heavy (non-hydrogen) atoms. The highest BCUT2D eigenvalue weighted by molar-refractivity contribution is 5.73. The molecule has 0 atom stereocenters. The Hall–Kier alpha value is -0.860. The zero-order valence-electron chi connectivity index (χ0n) is 11.3. The minimum Gasteiger partial charge on any atom is -0.484 e. The smallest absolute Gasteiger partial charge is 0.180 e. The van der Waals surface area contributed by atoms with Crippen LogP contribution in [-0.4, -0.2) is 19.2 Å². The fourth-order valence-electron chi connectivity index (χ4n) is 2.42. The van der Waals surface area contributed by atoms with Crippen LogP contribution >= 0.6 is 0 Å². The minimum atomic E-state index is 0.0820. The van der Waals surface area contributed by atoms with Crippen molar-refractivity contribution in [2.75, 3.05) is 7.11 Å². The van der Waals surface area contributed by atoms with E-state index in [0.29, 0.717) is 12.3 Å². The van der Waals surface area contributed by atoms with Crippen molar-refractivity contribution in [2.24, 2.45) is 10.8 Å².